The van der Waals surface area contributed by atoms with Crippen LogP contribution in [0.15, 0.2) is 36.7 Å². The second-order valence-electron chi connectivity index (χ2n) is 7.46. The number of nitrogens with zero attached hydrogens (tertiary/aromatic N) is 6. The lowest BCUT2D eigenvalue weighted by Crippen LogP contribution is -2.26. The summed E-state index contributed by atoms with van der Waals surface area (Å²) in [6, 6.07) is 2.27. The summed E-state index contributed by atoms with van der Waals surface area (Å²) in [5, 5.41) is 6.68. The van der Waals surface area contributed by atoms with E-state index in [9.17, 15) is 31.1 Å². The van der Waals surface area contributed by atoms with Crippen LogP contribution in [0, 0.1) is 0 Å². The molecular formula is C20H17F6N7O. The van der Waals surface area contributed by atoms with Gasteiger partial charge in [0.1, 0.15) is 0 Å². The van der Waals surface area contributed by atoms with E-state index in [-0.39, 0.29) is 24.4 Å². The lowest BCUT2D eigenvalue weighted by atomic mass is 10.0. The van der Waals surface area contributed by atoms with Gasteiger partial charge in [0.25, 0.3) is 11.9 Å². The van der Waals surface area contributed by atoms with Crippen LogP contribution in [0.5, 0.6) is 0 Å². The zero-order chi connectivity index (χ0) is 24.5. The molecule has 0 spiro atoms. The number of nitrogens with one attached hydrogen (secondary N) is 1. The maximum Gasteiger partial charge on any atom is 0.416 e. The van der Waals surface area contributed by atoms with Crippen molar-refractivity contribution in [2.45, 2.75) is 31.7 Å². The number of anilines is 1. The molecule has 3 heterocycles. The molecule has 1 N–H and O–H groups in total. The Balaban J connectivity index is 1.62. The summed E-state index contributed by atoms with van der Waals surface area (Å²) in [6.45, 7) is 1.10. The van der Waals surface area contributed by atoms with Crippen molar-refractivity contribution >= 4 is 11.9 Å². The summed E-state index contributed by atoms with van der Waals surface area (Å²) in [4.78, 5) is 27.0. The Labute approximate surface area is 188 Å². The van der Waals surface area contributed by atoms with Crippen LogP contribution in [0.1, 0.15) is 40.2 Å². The minimum Gasteiger partial charge on any atom is -0.345 e. The van der Waals surface area contributed by atoms with Crippen LogP contribution in [-0.4, -0.2) is 43.7 Å². The minimum atomic E-state index is -5.06. The Kier molecular flexibility index (Phi) is 6.15. The van der Waals surface area contributed by atoms with Gasteiger partial charge in [-0.15, -0.1) is 5.10 Å². The molecule has 2 aromatic heterocycles. The number of aromatic nitrogens is 5. The number of benzene rings is 1. The van der Waals surface area contributed by atoms with Gasteiger partial charge < -0.3 is 10.2 Å². The molecule has 1 fully saturated rings. The summed E-state index contributed by atoms with van der Waals surface area (Å²) in [7, 11) is 0. The smallest absolute Gasteiger partial charge is 0.345 e. The van der Waals surface area contributed by atoms with Gasteiger partial charge >= 0.3 is 12.4 Å². The first-order valence-electron chi connectivity index (χ1n) is 10.1. The maximum absolute atomic E-state index is 13.1. The molecule has 0 radical (unpaired) electrons. The summed E-state index contributed by atoms with van der Waals surface area (Å²) in [5.74, 6) is -0.483. The molecule has 3 aromatic rings. The molecule has 1 aliphatic heterocycles. The van der Waals surface area contributed by atoms with E-state index < -0.39 is 35.0 Å². The molecule has 14 heteroatoms. The van der Waals surface area contributed by atoms with Crippen LogP contribution in [0.25, 0.3) is 5.95 Å². The van der Waals surface area contributed by atoms with Crippen LogP contribution in [-0.2, 0) is 18.9 Å². The molecule has 0 saturated carbocycles. The van der Waals surface area contributed by atoms with E-state index >= 15 is 0 Å². The number of hydrogen-bond acceptors (Lipinski definition) is 6. The minimum absolute atomic E-state index is 0.0392. The van der Waals surface area contributed by atoms with Crippen LogP contribution >= 0.6 is 0 Å². The van der Waals surface area contributed by atoms with E-state index in [2.05, 4.69) is 25.4 Å². The average molecular weight is 485 g/mol. The first kappa shape index (κ1) is 23.4. The van der Waals surface area contributed by atoms with E-state index in [4.69, 9.17) is 0 Å². The highest BCUT2D eigenvalue weighted by molar-refractivity contribution is 5.94. The SMILES string of the molecule is O=C(NCc1nc(N2CCCC2)nn1-c1ncccn1)c1cc(C(F)(F)F)cc(C(F)(F)F)c1. The van der Waals surface area contributed by atoms with Crippen molar-refractivity contribution in [3.8, 4) is 5.95 Å². The molecule has 4 rings (SSSR count). The Morgan fingerprint density at radius 3 is 2.06 bits per heavy atom. The van der Waals surface area contributed by atoms with Gasteiger partial charge in [0.05, 0.1) is 17.7 Å². The summed E-state index contributed by atoms with van der Waals surface area (Å²) >= 11 is 0. The van der Waals surface area contributed by atoms with Crippen molar-refractivity contribution in [2.75, 3.05) is 18.0 Å². The van der Waals surface area contributed by atoms with Crippen LogP contribution in [0.2, 0.25) is 0 Å². The Hall–Kier alpha value is -3.71. The topological polar surface area (TPSA) is 88.8 Å². The summed E-state index contributed by atoms with van der Waals surface area (Å²) < 4.78 is 79.9. The molecule has 180 valence electrons. The van der Waals surface area contributed by atoms with Crippen molar-refractivity contribution in [3.05, 3.63) is 59.2 Å². The van der Waals surface area contributed by atoms with E-state index in [0.29, 0.717) is 18.1 Å². The number of hydrogen-bond donors (Lipinski definition) is 1. The van der Waals surface area contributed by atoms with Gasteiger partial charge in [-0.3, -0.25) is 4.79 Å². The molecule has 0 aliphatic carbocycles. The van der Waals surface area contributed by atoms with Gasteiger partial charge in [-0.2, -0.15) is 36.0 Å². The monoisotopic (exact) mass is 485 g/mol. The number of halogens is 6. The number of alkyl halides is 6. The molecule has 0 unspecified atom stereocenters. The third-order valence-corrected chi connectivity index (χ3v) is 5.05. The van der Waals surface area contributed by atoms with Crippen LogP contribution < -0.4 is 10.2 Å². The fourth-order valence-corrected chi connectivity index (χ4v) is 3.41. The fourth-order valence-electron chi connectivity index (χ4n) is 3.41. The summed E-state index contributed by atoms with van der Waals surface area (Å²) in [5.41, 5.74) is -3.95. The first-order valence-corrected chi connectivity index (χ1v) is 10.1. The van der Waals surface area contributed by atoms with Gasteiger partial charge in [-0.05, 0) is 37.1 Å². The van der Waals surface area contributed by atoms with Crippen molar-refractivity contribution in [3.63, 3.8) is 0 Å². The Bertz CT molecular complexity index is 1140. The third-order valence-electron chi connectivity index (χ3n) is 5.05. The highest BCUT2D eigenvalue weighted by atomic mass is 19.4. The standard InChI is InChI=1S/C20H17F6N7O/c21-19(22,23)13-8-12(9-14(10-13)20(24,25)26)16(34)29-11-15-30-18(32-6-1-2-7-32)31-33(15)17-27-4-3-5-28-17/h3-5,8-10H,1-2,6-7,11H2,(H,29,34). The average Bonchev–Trinajstić information content (AvgIpc) is 3.46. The normalized spacial score (nSPS) is 14.5. The second kappa shape index (κ2) is 8.91. The predicted octanol–water partition coefficient (Wildman–Crippen LogP) is 3.63. The van der Waals surface area contributed by atoms with Crippen LogP contribution in [0.4, 0.5) is 32.3 Å². The number of carbonyl (C=O) groups is 1. The van der Waals surface area contributed by atoms with Gasteiger partial charge in [-0.25, -0.2) is 9.97 Å². The van der Waals surface area contributed by atoms with Gasteiger partial charge in [0.15, 0.2) is 5.82 Å². The molecule has 34 heavy (non-hydrogen) atoms. The van der Waals surface area contributed by atoms with E-state index in [0.717, 1.165) is 25.9 Å². The lowest BCUT2D eigenvalue weighted by Gasteiger charge is -2.14. The number of amides is 1. The number of rotatable bonds is 5. The van der Waals surface area contributed by atoms with Gasteiger partial charge in [0, 0.05) is 31.0 Å². The molecule has 8 nitrogen and oxygen atoms in total. The van der Waals surface area contributed by atoms with Gasteiger partial charge in [0.2, 0.25) is 5.95 Å². The molecule has 1 amide bonds. The quantitative estimate of drug-likeness (QED) is 0.556. The number of carbonyl (C=O) groups excluding carboxylic acids is 1. The van der Waals surface area contributed by atoms with Crippen molar-refractivity contribution in [2.24, 2.45) is 0 Å². The Morgan fingerprint density at radius 1 is 0.912 bits per heavy atom. The van der Waals surface area contributed by atoms with Crippen molar-refractivity contribution in [1.82, 2.24) is 30.0 Å². The molecule has 1 saturated heterocycles. The Morgan fingerprint density at radius 2 is 1.50 bits per heavy atom. The maximum atomic E-state index is 13.1. The lowest BCUT2D eigenvalue weighted by molar-refractivity contribution is -0.143. The zero-order valence-electron chi connectivity index (χ0n) is 17.4. The molecule has 0 bridgehead atoms. The molecule has 1 aromatic carbocycles. The zero-order valence-corrected chi connectivity index (χ0v) is 17.4. The molecule has 1 aliphatic rings. The highest BCUT2D eigenvalue weighted by Gasteiger charge is 2.37. The second-order valence-corrected chi connectivity index (χ2v) is 7.46. The van der Waals surface area contributed by atoms with Crippen molar-refractivity contribution < 1.29 is 31.1 Å². The molecule has 0 atom stereocenters. The van der Waals surface area contributed by atoms with E-state index in [1.807, 2.05) is 4.90 Å². The fraction of sp³-hybridized carbons (Fsp3) is 0.350. The van der Waals surface area contributed by atoms with Gasteiger partial charge in [-0.1, -0.05) is 0 Å². The van der Waals surface area contributed by atoms with Crippen molar-refractivity contribution in [1.29, 1.82) is 0 Å². The van der Waals surface area contributed by atoms with E-state index in [1.54, 1.807) is 6.07 Å². The van der Waals surface area contributed by atoms with E-state index in [1.165, 1.54) is 17.1 Å². The third kappa shape index (κ3) is 5.10. The van der Waals surface area contributed by atoms with Crippen LogP contribution in [0.3, 0.4) is 0 Å². The summed E-state index contributed by atoms with van der Waals surface area (Å²) in [6.07, 6.45) is -5.32. The predicted molar refractivity (Wildman–Crippen MR) is 106 cm³/mol. The first-order chi connectivity index (χ1) is 16.0. The highest BCUT2D eigenvalue weighted by Crippen LogP contribution is 2.36. The molecular weight excluding hydrogens is 468 g/mol. The largest absolute Gasteiger partial charge is 0.416 e.